The Morgan fingerprint density at radius 1 is 1.16 bits per heavy atom. The zero-order valence-electron chi connectivity index (χ0n) is 16.6. The van der Waals surface area contributed by atoms with Gasteiger partial charge in [0.2, 0.25) is 10.0 Å². The topological polar surface area (TPSA) is 105 Å². The van der Waals surface area contributed by atoms with Crippen molar-refractivity contribution in [3.8, 4) is 0 Å². The van der Waals surface area contributed by atoms with Gasteiger partial charge in [-0.3, -0.25) is 4.79 Å². The van der Waals surface area contributed by atoms with E-state index in [1.54, 1.807) is 12.1 Å². The number of rotatable bonds is 8. The van der Waals surface area contributed by atoms with Crippen molar-refractivity contribution < 1.29 is 27.4 Å². The molecule has 0 unspecified atom stereocenters. The van der Waals surface area contributed by atoms with Crippen LogP contribution in [0.3, 0.4) is 0 Å². The Hall–Kier alpha value is -2.04. The van der Waals surface area contributed by atoms with Crippen LogP contribution in [0.2, 0.25) is 5.02 Å². The van der Waals surface area contributed by atoms with E-state index in [9.17, 15) is 22.7 Å². The molecule has 168 valence electrons. The lowest BCUT2D eigenvalue weighted by Gasteiger charge is -2.36. The average Bonchev–Trinajstić information content (AvgIpc) is 2.75. The van der Waals surface area contributed by atoms with Gasteiger partial charge in [0.25, 0.3) is 5.91 Å². The van der Waals surface area contributed by atoms with Gasteiger partial charge in [-0.15, -0.1) is 0 Å². The Morgan fingerprint density at radius 2 is 1.87 bits per heavy atom. The summed E-state index contributed by atoms with van der Waals surface area (Å²) in [6.45, 7) is -0.154. The molecule has 3 atom stereocenters. The van der Waals surface area contributed by atoms with E-state index >= 15 is 0 Å². The van der Waals surface area contributed by atoms with Crippen LogP contribution in [0.4, 0.5) is 4.39 Å². The molecule has 3 N–H and O–H groups in total. The maximum atomic E-state index is 13.0. The minimum Gasteiger partial charge on any atom is -0.394 e. The van der Waals surface area contributed by atoms with E-state index in [2.05, 4.69) is 10.0 Å². The number of nitrogens with one attached hydrogen (secondary N) is 2. The number of aliphatic hydroxyl groups is 1. The summed E-state index contributed by atoms with van der Waals surface area (Å²) in [5.41, 5.74) is 0.314. The molecule has 0 aliphatic carbocycles. The van der Waals surface area contributed by atoms with Gasteiger partial charge in [-0.25, -0.2) is 17.5 Å². The Bertz CT molecular complexity index is 1000. The zero-order chi connectivity index (χ0) is 22.4. The van der Waals surface area contributed by atoms with Gasteiger partial charge in [0.05, 0.1) is 23.8 Å². The van der Waals surface area contributed by atoms with Crippen LogP contribution in [0.1, 0.15) is 29.6 Å². The van der Waals surface area contributed by atoms with Gasteiger partial charge in [0.1, 0.15) is 16.8 Å². The summed E-state index contributed by atoms with van der Waals surface area (Å²) in [6, 6.07) is 11.0. The molecule has 0 saturated carbocycles. The molecule has 0 aromatic heterocycles. The third kappa shape index (κ3) is 6.24. The van der Waals surface area contributed by atoms with Gasteiger partial charge < -0.3 is 15.2 Å². The first-order chi connectivity index (χ1) is 14.8. The Balaban J connectivity index is 1.51. The van der Waals surface area contributed by atoms with Crippen LogP contribution in [-0.4, -0.2) is 50.8 Å². The SMILES string of the molecule is O=C(N[C@@H]1CC[C@@H](CCNS(=O)(=O)c2ccccc2Cl)O[C@@H]1CO)c1ccc(F)cc1. The smallest absolute Gasteiger partial charge is 0.251 e. The first-order valence-electron chi connectivity index (χ1n) is 9.87. The molecule has 7 nitrogen and oxygen atoms in total. The third-order valence-electron chi connectivity index (χ3n) is 5.10. The second-order valence-corrected chi connectivity index (χ2v) is 9.40. The van der Waals surface area contributed by atoms with Crippen molar-refractivity contribution in [1.82, 2.24) is 10.0 Å². The highest BCUT2D eigenvalue weighted by atomic mass is 35.5. The largest absolute Gasteiger partial charge is 0.394 e. The number of halogens is 2. The second kappa shape index (κ2) is 10.5. The minimum atomic E-state index is -3.74. The summed E-state index contributed by atoms with van der Waals surface area (Å²) < 4.78 is 46.2. The third-order valence-corrected chi connectivity index (χ3v) is 7.06. The highest BCUT2D eigenvalue weighted by Crippen LogP contribution is 2.23. The average molecular weight is 471 g/mol. The standard InChI is InChI=1S/C21H24ClFN2O5S/c22-17-3-1-2-4-20(17)31(28,29)24-12-11-16-9-10-18(19(13-26)30-16)25-21(27)14-5-7-15(23)8-6-14/h1-8,16,18-19,24,26H,9-13H2,(H,25,27)/t16-,18+,19+/m0/s1. The quantitative estimate of drug-likeness (QED) is 0.549. The number of sulfonamides is 1. The lowest BCUT2D eigenvalue weighted by atomic mass is 9.97. The molecule has 1 aliphatic heterocycles. The van der Waals surface area contributed by atoms with Crippen molar-refractivity contribution in [3.63, 3.8) is 0 Å². The molecular formula is C21H24ClFN2O5S. The van der Waals surface area contributed by atoms with Crippen molar-refractivity contribution in [2.24, 2.45) is 0 Å². The van der Waals surface area contributed by atoms with E-state index in [-0.39, 0.29) is 35.1 Å². The van der Waals surface area contributed by atoms with Crippen LogP contribution < -0.4 is 10.0 Å². The number of amides is 1. The monoisotopic (exact) mass is 470 g/mol. The van der Waals surface area contributed by atoms with E-state index in [4.69, 9.17) is 16.3 Å². The zero-order valence-corrected chi connectivity index (χ0v) is 18.2. The van der Waals surface area contributed by atoms with E-state index < -0.39 is 28.0 Å². The maximum Gasteiger partial charge on any atom is 0.251 e. The maximum absolute atomic E-state index is 13.0. The Morgan fingerprint density at radius 3 is 2.55 bits per heavy atom. The lowest BCUT2D eigenvalue weighted by molar-refractivity contribution is -0.0891. The van der Waals surface area contributed by atoms with Gasteiger partial charge in [-0.05, 0) is 55.7 Å². The number of ether oxygens (including phenoxy) is 1. The van der Waals surface area contributed by atoms with Crippen molar-refractivity contribution >= 4 is 27.5 Å². The summed E-state index contributed by atoms with van der Waals surface area (Å²) in [5.74, 6) is -0.809. The fraction of sp³-hybridized carbons (Fsp3) is 0.381. The summed E-state index contributed by atoms with van der Waals surface area (Å²) in [6.07, 6.45) is 0.644. The normalized spacial score (nSPS) is 21.6. The highest BCUT2D eigenvalue weighted by Gasteiger charge is 2.32. The van der Waals surface area contributed by atoms with Gasteiger partial charge in [0, 0.05) is 12.1 Å². The van der Waals surface area contributed by atoms with Crippen molar-refractivity contribution in [2.45, 2.75) is 42.4 Å². The van der Waals surface area contributed by atoms with Crippen LogP contribution in [-0.2, 0) is 14.8 Å². The molecule has 0 bridgehead atoms. The molecule has 0 radical (unpaired) electrons. The molecule has 0 spiro atoms. The molecule has 1 aliphatic rings. The number of benzene rings is 2. The molecule has 10 heteroatoms. The summed E-state index contributed by atoms with van der Waals surface area (Å²) in [4.78, 5) is 12.4. The fourth-order valence-electron chi connectivity index (χ4n) is 3.46. The van der Waals surface area contributed by atoms with Crippen molar-refractivity contribution in [1.29, 1.82) is 0 Å². The minimum absolute atomic E-state index is 0.0121. The molecule has 3 rings (SSSR count). The van der Waals surface area contributed by atoms with Crippen LogP contribution >= 0.6 is 11.6 Å². The number of carbonyl (C=O) groups is 1. The van der Waals surface area contributed by atoms with E-state index in [0.29, 0.717) is 24.8 Å². The summed E-state index contributed by atoms with van der Waals surface area (Å²) in [7, 11) is -3.74. The summed E-state index contributed by atoms with van der Waals surface area (Å²) >= 11 is 5.96. The molecule has 1 fully saturated rings. The number of carbonyl (C=O) groups excluding carboxylic acids is 1. The van der Waals surface area contributed by atoms with Crippen molar-refractivity contribution in [2.75, 3.05) is 13.2 Å². The molecule has 1 saturated heterocycles. The number of hydrogen-bond donors (Lipinski definition) is 3. The van der Waals surface area contributed by atoms with Gasteiger partial charge >= 0.3 is 0 Å². The fourth-order valence-corrected chi connectivity index (χ4v) is 5.02. The Kier molecular flexibility index (Phi) is 8.01. The van der Waals surface area contributed by atoms with E-state index in [0.717, 1.165) is 0 Å². The molecule has 2 aromatic rings. The predicted octanol–water partition coefficient (Wildman–Crippen LogP) is 2.49. The predicted molar refractivity (Wildman–Crippen MR) is 114 cm³/mol. The molecule has 1 amide bonds. The second-order valence-electron chi connectivity index (χ2n) is 7.26. The summed E-state index contributed by atoms with van der Waals surface area (Å²) in [5, 5.41) is 12.6. The van der Waals surface area contributed by atoms with Gasteiger partial charge in [0.15, 0.2) is 0 Å². The number of hydrogen-bond acceptors (Lipinski definition) is 5. The molecule has 1 heterocycles. The van der Waals surface area contributed by atoms with Crippen molar-refractivity contribution in [3.05, 3.63) is 64.9 Å². The molecule has 2 aromatic carbocycles. The van der Waals surface area contributed by atoms with E-state index in [1.807, 2.05) is 0 Å². The first-order valence-corrected chi connectivity index (χ1v) is 11.7. The highest BCUT2D eigenvalue weighted by molar-refractivity contribution is 7.89. The van der Waals surface area contributed by atoms with Crippen LogP contribution in [0.15, 0.2) is 53.4 Å². The van der Waals surface area contributed by atoms with E-state index in [1.165, 1.54) is 36.4 Å². The van der Waals surface area contributed by atoms with Crippen LogP contribution in [0.5, 0.6) is 0 Å². The van der Waals surface area contributed by atoms with Gasteiger partial charge in [-0.1, -0.05) is 23.7 Å². The van der Waals surface area contributed by atoms with Crippen LogP contribution in [0.25, 0.3) is 0 Å². The number of aliphatic hydroxyl groups excluding tert-OH is 1. The Labute approximate surface area is 185 Å². The first kappa shape index (κ1) is 23.6. The lowest BCUT2D eigenvalue weighted by Crippen LogP contribution is -2.51. The van der Waals surface area contributed by atoms with Crippen LogP contribution in [0, 0.1) is 5.82 Å². The molecular weight excluding hydrogens is 447 g/mol. The molecule has 31 heavy (non-hydrogen) atoms. The van der Waals surface area contributed by atoms with Gasteiger partial charge in [-0.2, -0.15) is 0 Å².